The molecule has 0 radical (unpaired) electrons. The summed E-state index contributed by atoms with van der Waals surface area (Å²) in [5.41, 5.74) is 0.631. The molecule has 3 rings (SSSR count). The number of amides is 3. The maximum atomic E-state index is 12.6. The number of methoxy groups -OCH3 is 1. The van der Waals surface area contributed by atoms with Crippen LogP contribution in [0.5, 0.6) is 5.88 Å². The van der Waals surface area contributed by atoms with Crippen molar-refractivity contribution in [1.29, 1.82) is 0 Å². The molecule has 0 unspecified atom stereocenters. The van der Waals surface area contributed by atoms with Gasteiger partial charge in [-0.2, -0.15) is 0 Å². The Kier molecular flexibility index (Phi) is 5.73. The van der Waals surface area contributed by atoms with Crippen LogP contribution in [0.4, 0.5) is 10.5 Å². The quantitative estimate of drug-likeness (QED) is 0.912. The molecule has 1 aromatic rings. The van der Waals surface area contributed by atoms with Crippen molar-refractivity contribution in [2.45, 2.75) is 32.1 Å². The number of carbonyl (C=O) groups excluding carboxylic acids is 2. The van der Waals surface area contributed by atoms with Gasteiger partial charge in [0.15, 0.2) is 0 Å². The van der Waals surface area contributed by atoms with Gasteiger partial charge >= 0.3 is 6.03 Å². The molecule has 1 aliphatic heterocycles. The fourth-order valence-electron chi connectivity index (χ4n) is 3.52. The average Bonchev–Trinajstić information content (AvgIpc) is 2.69. The highest BCUT2D eigenvalue weighted by Gasteiger charge is 2.29. The van der Waals surface area contributed by atoms with Crippen LogP contribution in [0.2, 0.25) is 0 Å². The Bertz CT molecular complexity index is 591. The number of hydrogen-bond donors (Lipinski definition) is 1. The summed E-state index contributed by atoms with van der Waals surface area (Å²) in [5.74, 6) is 0.978. The SMILES string of the molecule is COc1ccc(NC(=O)N2CCN(C(=O)C3CCCCC3)CC2)cn1. The number of urea groups is 1. The highest BCUT2D eigenvalue weighted by atomic mass is 16.5. The van der Waals surface area contributed by atoms with Crippen LogP contribution >= 0.6 is 0 Å². The van der Waals surface area contributed by atoms with E-state index in [1.165, 1.54) is 6.42 Å². The molecule has 1 aliphatic carbocycles. The van der Waals surface area contributed by atoms with Crippen LogP contribution in [-0.4, -0.2) is 60.0 Å². The molecule has 2 aliphatic rings. The fraction of sp³-hybridized carbons (Fsp3) is 0.611. The number of aromatic nitrogens is 1. The molecule has 7 heteroatoms. The highest BCUT2D eigenvalue weighted by molar-refractivity contribution is 5.89. The van der Waals surface area contributed by atoms with Gasteiger partial charge in [-0.3, -0.25) is 4.79 Å². The number of nitrogens with zero attached hydrogens (tertiary/aromatic N) is 3. The summed E-state index contributed by atoms with van der Waals surface area (Å²) in [7, 11) is 1.55. The third kappa shape index (κ3) is 4.41. The normalized spacial score (nSPS) is 18.8. The van der Waals surface area contributed by atoms with Crippen LogP contribution in [-0.2, 0) is 4.79 Å². The van der Waals surface area contributed by atoms with Crippen LogP contribution in [0.1, 0.15) is 32.1 Å². The van der Waals surface area contributed by atoms with Crippen molar-refractivity contribution in [3.63, 3.8) is 0 Å². The monoisotopic (exact) mass is 346 g/mol. The molecule has 7 nitrogen and oxygen atoms in total. The lowest BCUT2D eigenvalue weighted by Crippen LogP contribution is -2.53. The zero-order chi connectivity index (χ0) is 17.6. The van der Waals surface area contributed by atoms with E-state index >= 15 is 0 Å². The molecule has 1 saturated carbocycles. The first-order chi connectivity index (χ1) is 12.2. The minimum atomic E-state index is -0.156. The number of anilines is 1. The van der Waals surface area contributed by atoms with Crippen molar-refractivity contribution in [3.05, 3.63) is 18.3 Å². The van der Waals surface area contributed by atoms with E-state index in [4.69, 9.17) is 4.74 Å². The second-order valence-electron chi connectivity index (χ2n) is 6.67. The van der Waals surface area contributed by atoms with Gasteiger partial charge in [-0.15, -0.1) is 0 Å². The number of nitrogens with one attached hydrogen (secondary N) is 1. The molecule has 1 aromatic heterocycles. The van der Waals surface area contributed by atoms with Gasteiger partial charge in [0.1, 0.15) is 0 Å². The summed E-state index contributed by atoms with van der Waals surface area (Å²) in [6.45, 7) is 2.36. The van der Waals surface area contributed by atoms with E-state index in [1.54, 1.807) is 30.3 Å². The molecule has 2 heterocycles. The predicted octanol–water partition coefficient (Wildman–Crippen LogP) is 2.35. The van der Waals surface area contributed by atoms with Crippen LogP contribution in [0.3, 0.4) is 0 Å². The van der Waals surface area contributed by atoms with E-state index in [9.17, 15) is 9.59 Å². The summed E-state index contributed by atoms with van der Waals surface area (Å²) in [6, 6.07) is 3.31. The Balaban J connectivity index is 1.47. The molecule has 1 saturated heterocycles. The molecule has 0 bridgehead atoms. The number of rotatable bonds is 3. The Labute approximate surface area is 148 Å². The van der Waals surface area contributed by atoms with E-state index in [1.807, 2.05) is 4.90 Å². The van der Waals surface area contributed by atoms with Crippen LogP contribution in [0.25, 0.3) is 0 Å². The zero-order valence-corrected chi connectivity index (χ0v) is 14.7. The average molecular weight is 346 g/mol. The van der Waals surface area contributed by atoms with E-state index in [0.29, 0.717) is 37.7 Å². The largest absolute Gasteiger partial charge is 0.481 e. The summed E-state index contributed by atoms with van der Waals surface area (Å²) >= 11 is 0. The van der Waals surface area contributed by atoms with Crippen molar-refractivity contribution in [2.75, 3.05) is 38.6 Å². The minimum absolute atomic E-state index is 0.156. The first-order valence-corrected chi connectivity index (χ1v) is 9.02. The van der Waals surface area contributed by atoms with Gasteiger partial charge in [0.05, 0.1) is 19.0 Å². The van der Waals surface area contributed by atoms with Gasteiger partial charge in [-0.1, -0.05) is 19.3 Å². The summed E-state index contributed by atoms with van der Waals surface area (Å²) in [6.07, 6.45) is 7.18. The maximum absolute atomic E-state index is 12.6. The summed E-state index contributed by atoms with van der Waals surface area (Å²) in [4.78, 5) is 32.7. The van der Waals surface area contributed by atoms with Crippen molar-refractivity contribution >= 4 is 17.6 Å². The number of ether oxygens (including phenoxy) is 1. The molecule has 0 spiro atoms. The lowest BCUT2D eigenvalue weighted by atomic mass is 9.88. The smallest absolute Gasteiger partial charge is 0.322 e. The van der Waals surface area contributed by atoms with Crippen LogP contribution in [0.15, 0.2) is 18.3 Å². The number of carbonyl (C=O) groups is 2. The van der Waals surface area contributed by atoms with Crippen LogP contribution in [0, 0.1) is 5.92 Å². The lowest BCUT2D eigenvalue weighted by molar-refractivity contribution is -0.138. The van der Waals surface area contributed by atoms with Gasteiger partial charge in [-0.25, -0.2) is 9.78 Å². The third-order valence-electron chi connectivity index (χ3n) is 5.03. The van der Waals surface area contributed by atoms with Crippen molar-refractivity contribution in [3.8, 4) is 5.88 Å². The predicted molar refractivity (Wildman–Crippen MR) is 94.5 cm³/mol. The van der Waals surface area contributed by atoms with Gasteiger partial charge in [0, 0.05) is 38.2 Å². The molecule has 25 heavy (non-hydrogen) atoms. The number of hydrogen-bond acceptors (Lipinski definition) is 4. The second kappa shape index (κ2) is 8.18. The Morgan fingerprint density at radius 1 is 1.08 bits per heavy atom. The Morgan fingerprint density at radius 3 is 2.36 bits per heavy atom. The minimum Gasteiger partial charge on any atom is -0.481 e. The van der Waals surface area contributed by atoms with Gasteiger partial charge in [-0.05, 0) is 18.9 Å². The Hall–Kier alpha value is -2.31. The fourth-order valence-corrected chi connectivity index (χ4v) is 3.52. The molecule has 1 N–H and O–H groups in total. The first kappa shape index (κ1) is 17.5. The van der Waals surface area contributed by atoms with Crippen molar-refractivity contribution in [1.82, 2.24) is 14.8 Å². The van der Waals surface area contributed by atoms with Crippen LogP contribution < -0.4 is 10.1 Å². The summed E-state index contributed by atoms with van der Waals surface area (Å²) in [5, 5.41) is 2.84. The molecule has 0 aromatic carbocycles. The molecular weight excluding hydrogens is 320 g/mol. The summed E-state index contributed by atoms with van der Waals surface area (Å²) < 4.78 is 5.00. The van der Waals surface area contributed by atoms with Crippen molar-refractivity contribution in [2.24, 2.45) is 5.92 Å². The number of piperazine rings is 1. The first-order valence-electron chi connectivity index (χ1n) is 9.02. The topological polar surface area (TPSA) is 74.8 Å². The van der Waals surface area contributed by atoms with E-state index in [-0.39, 0.29) is 17.9 Å². The zero-order valence-electron chi connectivity index (χ0n) is 14.7. The second-order valence-corrected chi connectivity index (χ2v) is 6.67. The van der Waals surface area contributed by atoms with Gasteiger partial charge in [0.25, 0.3) is 0 Å². The number of pyridine rings is 1. The molecular formula is C18H26N4O3. The van der Waals surface area contributed by atoms with Crippen molar-refractivity contribution < 1.29 is 14.3 Å². The standard InChI is InChI=1S/C18H26N4O3/c1-25-16-8-7-15(13-19-16)20-18(24)22-11-9-21(10-12-22)17(23)14-5-3-2-4-6-14/h7-8,13-14H,2-6,9-12H2,1H3,(H,20,24). The van der Waals surface area contributed by atoms with Gasteiger partial charge < -0.3 is 19.9 Å². The lowest BCUT2D eigenvalue weighted by Gasteiger charge is -2.37. The maximum Gasteiger partial charge on any atom is 0.322 e. The molecule has 2 fully saturated rings. The third-order valence-corrected chi connectivity index (χ3v) is 5.03. The molecule has 0 atom stereocenters. The van der Waals surface area contributed by atoms with Gasteiger partial charge in [0.2, 0.25) is 11.8 Å². The molecule has 136 valence electrons. The van der Waals surface area contributed by atoms with E-state index in [0.717, 1.165) is 25.7 Å². The molecule has 3 amide bonds. The Morgan fingerprint density at radius 2 is 1.76 bits per heavy atom. The van der Waals surface area contributed by atoms with E-state index in [2.05, 4.69) is 10.3 Å². The highest BCUT2D eigenvalue weighted by Crippen LogP contribution is 2.25. The van der Waals surface area contributed by atoms with E-state index < -0.39 is 0 Å².